The van der Waals surface area contributed by atoms with Crippen molar-refractivity contribution in [3.05, 3.63) is 48.0 Å². The van der Waals surface area contributed by atoms with Crippen molar-refractivity contribution in [1.29, 1.82) is 0 Å². The van der Waals surface area contributed by atoms with Gasteiger partial charge in [-0.25, -0.2) is 0 Å². The number of ether oxygens (including phenoxy) is 3. The lowest BCUT2D eigenvalue weighted by Crippen LogP contribution is -2.17. The fourth-order valence-electron chi connectivity index (χ4n) is 1.93. The lowest BCUT2D eigenvalue weighted by atomic mass is 10.1. The van der Waals surface area contributed by atoms with E-state index in [0.29, 0.717) is 17.7 Å². The highest BCUT2D eigenvalue weighted by Gasteiger charge is 2.31. The van der Waals surface area contributed by atoms with Gasteiger partial charge >= 0.3 is 6.36 Å². The first-order chi connectivity index (χ1) is 10.9. The van der Waals surface area contributed by atoms with Gasteiger partial charge < -0.3 is 19.3 Å². The summed E-state index contributed by atoms with van der Waals surface area (Å²) in [4.78, 5) is 0. The van der Waals surface area contributed by atoms with Crippen LogP contribution in [0.1, 0.15) is 5.56 Å². The van der Waals surface area contributed by atoms with E-state index in [1.54, 1.807) is 6.07 Å². The van der Waals surface area contributed by atoms with Crippen LogP contribution in [-0.4, -0.2) is 25.2 Å². The Labute approximate surface area is 131 Å². The Morgan fingerprint density at radius 2 is 1.91 bits per heavy atom. The summed E-state index contributed by atoms with van der Waals surface area (Å²) in [5.74, 6) is 0.411. The van der Waals surface area contributed by atoms with E-state index in [2.05, 4.69) is 10.8 Å². The van der Waals surface area contributed by atoms with Crippen molar-refractivity contribution in [2.24, 2.45) is 0 Å². The van der Waals surface area contributed by atoms with Gasteiger partial charge in [-0.05, 0) is 29.8 Å². The van der Waals surface area contributed by atoms with Gasteiger partial charge in [-0.3, -0.25) is 0 Å². The third-order valence-corrected chi connectivity index (χ3v) is 2.88. The number of phenols is 1. The van der Waals surface area contributed by atoms with Crippen molar-refractivity contribution in [3.63, 3.8) is 0 Å². The van der Waals surface area contributed by atoms with E-state index >= 15 is 0 Å². The molecule has 7 heteroatoms. The maximum absolute atomic E-state index is 12.2. The van der Waals surface area contributed by atoms with Crippen molar-refractivity contribution in [1.82, 2.24) is 0 Å². The van der Waals surface area contributed by atoms with Crippen LogP contribution in [0, 0.1) is 6.07 Å². The smallest absolute Gasteiger partial charge is 0.508 e. The van der Waals surface area contributed by atoms with Crippen LogP contribution in [-0.2, 0) is 6.42 Å². The van der Waals surface area contributed by atoms with E-state index in [0.717, 1.165) is 0 Å². The molecule has 0 aliphatic heterocycles. The quantitative estimate of drug-likeness (QED) is 0.878. The molecule has 0 amide bonds. The van der Waals surface area contributed by atoms with E-state index in [1.807, 2.05) is 0 Å². The van der Waals surface area contributed by atoms with Gasteiger partial charge in [0.1, 0.15) is 23.0 Å². The second-order valence-electron chi connectivity index (χ2n) is 4.55. The summed E-state index contributed by atoms with van der Waals surface area (Å²) in [5, 5.41) is 9.30. The Morgan fingerprint density at radius 3 is 2.57 bits per heavy atom. The molecule has 4 nitrogen and oxygen atoms in total. The minimum atomic E-state index is -4.75. The van der Waals surface area contributed by atoms with Crippen molar-refractivity contribution in [2.45, 2.75) is 12.8 Å². The fourth-order valence-corrected chi connectivity index (χ4v) is 1.93. The molecule has 2 rings (SSSR count). The van der Waals surface area contributed by atoms with Crippen LogP contribution in [0.5, 0.6) is 23.0 Å². The molecule has 0 spiro atoms. The maximum atomic E-state index is 12.2. The van der Waals surface area contributed by atoms with Crippen LogP contribution >= 0.6 is 0 Å². The third kappa shape index (κ3) is 5.28. The molecule has 0 aliphatic rings. The van der Waals surface area contributed by atoms with Crippen LogP contribution in [0.4, 0.5) is 13.2 Å². The average Bonchev–Trinajstić information content (AvgIpc) is 2.47. The minimum Gasteiger partial charge on any atom is -0.508 e. The predicted octanol–water partition coefficient (Wildman–Crippen LogP) is 3.72. The maximum Gasteiger partial charge on any atom is 0.573 e. The van der Waals surface area contributed by atoms with Crippen LogP contribution in [0.25, 0.3) is 0 Å². The first-order valence-electron chi connectivity index (χ1n) is 6.63. The summed E-state index contributed by atoms with van der Waals surface area (Å²) < 4.78 is 50.9. The van der Waals surface area contributed by atoms with Gasteiger partial charge in [0.15, 0.2) is 0 Å². The van der Waals surface area contributed by atoms with E-state index in [-0.39, 0.29) is 23.9 Å². The second kappa shape index (κ2) is 7.13. The molecular formula is C16H14F3O4. The highest BCUT2D eigenvalue weighted by Crippen LogP contribution is 2.29. The van der Waals surface area contributed by atoms with Gasteiger partial charge in [0, 0.05) is 18.6 Å². The highest BCUT2D eigenvalue weighted by molar-refractivity contribution is 5.41. The van der Waals surface area contributed by atoms with Crippen molar-refractivity contribution in [3.8, 4) is 23.0 Å². The number of phenolic OH excluding ortho intramolecular Hbond substituents is 1. The Hall–Kier alpha value is -2.57. The molecule has 0 bridgehead atoms. The Bertz CT molecular complexity index is 656. The minimum absolute atomic E-state index is 0.0359. The number of alkyl halides is 3. The highest BCUT2D eigenvalue weighted by atomic mass is 19.4. The van der Waals surface area contributed by atoms with Gasteiger partial charge in [0.2, 0.25) is 0 Å². The zero-order chi connectivity index (χ0) is 16.9. The van der Waals surface area contributed by atoms with E-state index < -0.39 is 6.36 Å². The molecule has 2 aromatic carbocycles. The summed E-state index contributed by atoms with van der Waals surface area (Å²) in [6.07, 6.45) is -4.34. The number of aromatic hydroxyl groups is 1. The zero-order valence-corrected chi connectivity index (χ0v) is 12.2. The molecule has 23 heavy (non-hydrogen) atoms. The summed E-state index contributed by atoms with van der Waals surface area (Å²) in [7, 11) is 1.36. The van der Waals surface area contributed by atoms with Gasteiger partial charge in [-0.15, -0.1) is 13.2 Å². The Kier molecular flexibility index (Phi) is 5.20. The Morgan fingerprint density at radius 1 is 1.13 bits per heavy atom. The monoisotopic (exact) mass is 327 g/mol. The zero-order valence-electron chi connectivity index (χ0n) is 12.2. The van der Waals surface area contributed by atoms with Gasteiger partial charge in [0.25, 0.3) is 0 Å². The van der Waals surface area contributed by atoms with Crippen LogP contribution in [0.3, 0.4) is 0 Å². The summed E-state index contributed by atoms with van der Waals surface area (Å²) in [6, 6.07) is 11.0. The number of rotatable bonds is 6. The number of benzene rings is 2. The topological polar surface area (TPSA) is 47.9 Å². The second-order valence-corrected chi connectivity index (χ2v) is 4.55. The Balaban J connectivity index is 1.99. The lowest BCUT2D eigenvalue weighted by Gasteiger charge is -2.13. The van der Waals surface area contributed by atoms with Crippen molar-refractivity contribution in [2.75, 3.05) is 13.7 Å². The normalized spacial score (nSPS) is 11.1. The lowest BCUT2D eigenvalue weighted by molar-refractivity contribution is -0.274. The SMILES string of the molecule is COc1cc(OC(F)(F)F)ccc1CCOc1c[c]cc(O)c1. The third-order valence-electron chi connectivity index (χ3n) is 2.88. The van der Waals surface area contributed by atoms with Crippen LogP contribution in [0.2, 0.25) is 0 Å². The van der Waals surface area contributed by atoms with Gasteiger partial charge in [-0.1, -0.05) is 6.07 Å². The van der Waals surface area contributed by atoms with Crippen LogP contribution < -0.4 is 14.2 Å². The van der Waals surface area contributed by atoms with Gasteiger partial charge in [-0.2, -0.15) is 0 Å². The van der Waals surface area contributed by atoms with E-state index in [4.69, 9.17) is 9.47 Å². The van der Waals surface area contributed by atoms with Crippen molar-refractivity contribution < 1.29 is 32.5 Å². The predicted molar refractivity (Wildman–Crippen MR) is 75.8 cm³/mol. The number of halogens is 3. The number of hydrogen-bond donors (Lipinski definition) is 1. The van der Waals surface area contributed by atoms with Gasteiger partial charge in [0.05, 0.1) is 13.7 Å². The summed E-state index contributed by atoms with van der Waals surface area (Å²) in [6.45, 7) is 0.257. The molecule has 2 aromatic rings. The average molecular weight is 327 g/mol. The standard InChI is InChI=1S/C16H14F3O4/c1-21-15-10-14(23-16(17,18)19)6-5-11(15)7-8-22-13-4-2-3-12(20)9-13/h3-6,9-10,20H,7-8H2,1H3. The number of methoxy groups -OCH3 is 1. The summed E-state index contributed by atoms with van der Waals surface area (Å²) >= 11 is 0. The molecule has 0 heterocycles. The molecule has 0 fully saturated rings. The molecule has 1 radical (unpaired) electrons. The number of hydrogen-bond acceptors (Lipinski definition) is 4. The first-order valence-corrected chi connectivity index (χ1v) is 6.63. The summed E-state index contributed by atoms with van der Waals surface area (Å²) in [5.41, 5.74) is 0.672. The molecule has 0 aliphatic carbocycles. The van der Waals surface area contributed by atoms with E-state index in [9.17, 15) is 18.3 Å². The molecule has 0 saturated heterocycles. The molecule has 0 aromatic heterocycles. The van der Waals surface area contributed by atoms with Crippen molar-refractivity contribution >= 4 is 0 Å². The first kappa shape index (κ1) is 16.8. The largest absolute Gasteiger partial charge is 0.573 e. The molecule has 0 atom stereocenters. The molecule has 1 N–H and O–H groups in total. The molecular weight excluding hydrogens is 313 g/mol. The fraction of sp³-hybridized carbons (Fsp3) is 0.250. The molecule has 123 valence electrons. The molecule has 0 unspecified atom stereocenters. The van der Waals surface area contributed by atoms with E-state index in [1.165, 1.54) is 37.4 Å². The molecule has 0 saturated carbocycles. The van der Waals surface area contributed by atoms with Crippen LogP contribution in [0.15, 0.2) is 36.4 Å².